The van der Waals surface area contributed by atoms with E-state index in [0.29, 0.717) is 0 Å². The largest absolute Gasteiger partial charge is 0.508 e. The second-order valence-corrected chi connectivity index (χ2v) is 8.55. The zero-order valence-corrected chi connectivity index (χ0v) is 18.9. The van der Waals surface area contributed by atoms with Gasteiger partial charge in [-0.05, 0) is 98.2 Å². The molecular weight excluding hydrogens is 414 g/mol. The molecule has 0 fully saturated rings. The van der Waals surface area contributed by atoms with Gasteiger partial charge in [0, 0.05) is 6.04 Å². The topological polar surface area (TPSA) is 93.0 Å². The van der Waals surface area contributed by atoms with Crippen LogP contribution in [0.3, 0.4) is 0 Å². The van der Waals surface area contributed by atoms with E-state index in [0.717, 1.165) is 50.6 Å². The number of phenolic OH excluding ortho intramolecular Hbond substituents is 4. The molecule has 0 radical (unpaired) electrons. The summed E-state index contributed by atoms with van der Waals surface area (Å²) in [5.74, 6) is 0.341. The number of aromatic hydroxyl groups is 4. The Morgan fingerprint density at radius 1 is 0.697 bits per heavy atom. The standard InChI is InChI=1S/C28H33NO4/c1-20(2-3-21-5-11-25(30)12-6-21)18-24(10-4-22-7-13-26(31)14-8-22)29-17-16-23-9-15-27(32)28(33)19-23/h5-9,11-15,19,24,29-33H,1-4,10,16-18H2. The van der Waals surface area contributed by atoms with Crippen molar-refractivity contribution in [2.24, 2.45) is 0 Å². The van der Waals surface area contributed by atoms with Crippen LogP contribution >= 0.6 is 0 Å². The van der Waals surface area contributed by atoms with Crippen molar-refractivity contribution in [1.82, 2.24) is 5.32 Å². The molecule has 0 bridgehead atoms. The Labute approximate surface area is 195 Å². The summed E-state index contributed by atoms with van der Waals surface area (Å²) in [5, 5.41) is 41.8. The minimum absolute atomic E-state index is 0.0982. The molecule has 0 saturated carbocycles. The summed E-state index contributed by atoms with van der Waals surface area (Å²) in [6.45, 7) is 5.04. The predicted octanol–water partition coefficient (Wildman–Crippen LogP) is 5.22. The zero-order valence-electron chi connectivity index (χ0n) is 18.9. The van der Waals surface area contributed by atoms with E-state index in [2.05, 4.69) is 11.9 Å². The molecule has 1 atom stereocenters. The summed E-state index contributed by atoms with van der Waals surface area (Å²) >= 11 is 0. The van der Waals surface area contributed by atoms with Crippen molar-refractivity contribution >= 4 is 0 Å². The van der Waals surface area contributed by atoms with Gasteiger partial charge in [0.15, 0.2) is 11.5 Å². The number of nitrogens with one attached hydrogen (secondary N) is 1. The maximum Gasteiger partial charge on any atom is 0.157 e. The number of aryl methyl sites for hydroxylation is 2. The smallest absolute Gasteiger partial charge is 0.157 e. The summed E-state index contributed by atoms with van der Waals surface area (Å²) in [7, 11) is 0. The monoisotopic (exact) mass is 447 g/mol. The van der Waals surface area contributed by atoms with E-state index in [4.69, 9.17) is 0 Å². The average Bonchev–Trinajstić information content (AvgIpc) is 2.80. The lowest BCUT2D eigenvalue weighted by molar-refractivity contribution is 0.403. The summed E-state index contributed by atoms with van der Waals surface area (Å²) in [6.07, 6.45) is 5.19. The number of phenols is 4. The van der Waals surface area contributed by atoms with E-state index in [9.17, 15) is 20.4 Å². The third-order valence-corrected chi connectivity index (χ3v) is 5.84. The molecule has 3 aromatic rings. The van der Waals surface area contributed by atoms with Gasteiger partial charge in [-0.1, -0.05) is 42.5 Å². The van der Waals surface area contributed by atoms with Crippen LogP contribution in [0.15, 0.2) is 78.9 Å². The quantitative estimate of drug-likeness (QED) is 0.194. The maximum atomic E-state index is 9.71. The molecule has 5 heteroatoms. The van der Waals surface area contributed by atoms with Crippen LogP contribution in [0, 0.1) is 0 Å². The second-order valence-electron chi connectivity index (χ2n) is 8.55. The zero-order chi connectivity index (χ0) is 23.6. The van der Waals surface area contributed by atoms with Crippen LogP contribution in [0.2, 0.25) is 0 Å². The van der Waals surface area contributed by atoms with E-state index in [-0.39, 0.29) is 29.0 Å². The number of rotatable bonds is 12. The third kappa shape index (κ3) is 8.20. The van der Waals surface area contributed by atoms with Crippen LogP contribution in [-0.4, -0.2) is 33.0 Å². The van der Waals surface area contributed by atoms with E-state index in [1.807, 2.05) is 30.3 Å². The number of hydrogen-bond donors (Lipinski definition) is 5. The highest BCUT2D eigenvalue weighted by atomic mass is 16.3. The van der Waals surface area contributed by atoms with Gasteiger partial charge in [0.1, 0.15) is 11.5 Å². The van der Waals surface area contributed by atoms with Crippen molar-refractivity contribution in [2.45, 2.75) is 44.6 Å². The van der Waals surface area contributed by atoms with Crippen molar-refractivity contribution in [1.29, 1.82) is 0 Å². The Hall–Kier alpha value is -3.44. The summed E-state index contributed by atoms with van der Waals surface area (Å²) < 4.78 is 0. The molecule has 0 aliphatic carbocycles. The van der Waals surface area contributed by atoms with Crippen molar-refractivity contribution in [2.75, 3.05) is 6.54 Å². The van der Waals surface area contributed by atoms with Crippen LogP contribution in [0.5, 0.6) is 23.0 Å². The van der Waals surface area contributed by atoms with E-state index in [1.165, 1.54) is 22.8 Å². The molecule has 0 heterocycles. The van der Waals surface area contributed by atoms with Gasteiger partial charge < -0.3 is 25.7 Å². The molecule has 0 aromatic heterocycles. The van der Waals surface area contributed by atoms with Gasteiger partial charge in [0.25, 0.3) is 0 Å². The van der Waals surface area contributed by atoms with Gasteiger partial charge in [0.05, 0.1) is 0 Å². The first-order chi connectivity index (χ1) is 15.9. The Morgan fingerprint density at radius 2 is 1.27 bits per heavy atom. The van der Waals surface area contributed by atoms with Gasteiger partial charge in [-0.2, -0.15) is 0 Å². The SMILES string of the molecule is C=C(CCc1ccc(O)cc1)CC(CCc1ccc(O)cc1)NCCc1ccc(O)c(O)c1. The molecule has 3 aromatic carbocycles. The fourth-order valence-electron chi connectivity index (χ4n) is 3.86. The molecule has 0 spiro atoms. The molecule has 3 rings (SSSR count). The lowest BCUT2D eigenvalue weighted by Gasteiger charge is -2.20. The maximum absolute atomic E-state index is 9.71. The second kappa shape index (κ2) is 12.0. The first-order valence-electron chi connectivity index (χ1n) is 11.4. The van der Waals surface area contributed by atoms with Gasteiger partial charge >= 0.3 is 0 Å². The molecule has 5 N–H and O–H groups in total. The Kier molecular flexibility index (Phi) is 8.79. The van der Waals surface area contributed by atoms with E-state index >= 15 is 0 Å². The van der Waals surface area contributed by atoms with Crippen LogP contribution in [0.1, 0.15) is 36.0 Å². The molecule has 0 aliphatic rings. The molecule has 33 heavy (non-hydrogen) atoms. The van der Waals surface area contributed by atoms with Crippen LogP contribution in [0.25, 0.3) is 0 Å². The molecule has 174 valence electrons. The van der Waals surface area contributed by atoms with Crippen molar-refractivity contribution < 1.29 is 20.4 Å². The number of benzene rings is 3. The first kappa shape index (κ1) is 24.2. The van der Waals surface area contributed by atoms with Crippen molar-refractivity contribution in [3.05, 3.63) is 95.6 Å². The lowest BCUT2D eigenvalue weighted by atomic mass is 9.96. The molecule has 0 aliphatic heterocycles. The van der Waals surface area contributed by atoms with E-state index in [1.54, 1.807) is 30.3 Å². The molecular formula is C28H33NO4. The molecule has 1 unspecified atom stereocenters. The Balaban J connectivity index is 1.54. The highest BCUT2D eigenvalue weighted by Crippen LogP contribution is 2.25. The van der Waals surface area contributed by atoms with Gasteiger partial charge in [0.2, 0.25) is 0 Å². The van der Waals surface area contributed by atoms with Gasteiger partial charge in [-0.25, -0.2) is 0 Å². The highest BCUT2D eigenvalue weighted by molar-refractivity contribution is 5.40. The van der Waals surface area contributed by atoms with Crippen LogP contribution in [0.4, 0.5) is 0 Å². The fourth-order valence-corrected chi connectivity index (χ4v) is 3.86. The summed E-state index contributed by atoms with van der Waals surface area (Å²) in [4.78, 5) is 0. The minimum atomic E-state index is -0.108. The van der Waals surface area contributed by atoms with E-state index < -0.39 is 0 Å². The Morgan fingerprint density at radius 3 is 1.88 bits per heavy atom. The van der Waals surface area contributed by atoms with Gasteiger partial charge in [-0.15, -0.1) is 0 Å². The fraction of sp³-hybridized carbons (Fsp3) is 0.286. The van der Waals surface area contributed by atoms with Crippen LogP contribution in [-0.2, 0) is 19.3 Å². The molecule has 0 amide bonds. The predicted molar refractivity (Wildman–Crippen MR) is 132 cm³/mol. The molecule has 0 saturated heterocycles. The minimum Gasteiger partial charge on any atom is -0.508 e. The number of hydrogen-bond acceptors (Lipinski definition) is 5. The lowest BCUT2D eigenvalue weighted by Crippen LogP contribution is -2.32. The van der Waals surface area contributed by atoms with Crippen molar-refractivity contribution in [3.8, 4) is 23.0 Å². The van der Waals surface area contributed by atoms with Gasteiger partial charge in [-0.3, -0.25) is 0 Å². The summed E-state index contributed by atoms with van der Waals surface area (Å²) in [6, 6.07) is 19.8. The molecule has 5 nitrogen and oxygen atoms in total. The first-order valence-corrected chi connectivity index (χ1v) is 11.4. The normalized spacial score (nSPS) is 11.9. The van der Waals surface area contributed by atoms with Crippen LogP contribution < -0.4 is 5.32 Å². The summed E-state index contributed by atoms with van der Waals surface area (Å²) in [5.41, 5.74) is 4.49. The van der Waals surface area contributed by atoms with Crippen molar-refractivity contribution in [3.63, 3.8) is 0 Å². The highest BCUT2D eigenvalue weighted by Gasteiger charge is 2.11. The Bertz CT molecular complexity index is 1030. The third-order valence-electron chi connectivity index (χ3n) is 5.84. The average molecular weight is 448 g/mol.